The highest BCUT2D eigenvalue weighted by molar-refractivity contribution is 7.94. The Bertz CT molecular complexity index is 582. The second-order valence-corrected chi connectivity index (χ2v) is 6.95. The van der Waals surface area contributed by atoms with E-state index < -0.39 is 9.84 Å². The second-order valence-electron chi connectivity index (χ2n) is 5.11. The van der Waals surface area contributed by atoms with E-state index in [0.717, 1.165) is 12.0 Å². The summed E-state index contributed by atoms with van der Waals surface area (Å²) in [4.78, 5) is 11.4. The molecule has 102 valence electrons. The van der Waals surface area contributed by atoms with Gasteiger partial charge in [0.1, 0.15) is 5.78 Å². The van der Waals surface area contributed by atoms with Gasteiger partial charge in [-0.15, -0.1) is 0 Å². The van der Waals surface area contributed by atoms with Crippen molar-refractivity contribution in [3.63, 3.8) is 0 Å². The number of hydrogen-bond donors (Lipinski definition) is 0. The molecular weight excluding hydrogens is 260 g/mol. The van der Waals surface area contributed by atoms with E-state index in [9.17, 15) is 13.2 Å². The molecular formula is C15H18O3S. The molecule has 0 radical (unpaired) electrons. The van der Waals surface area contributed by atoms with E-state index >= 15 is 0 Å². The van der Waals surface area contributed by atoms with Crippen molar-refractivity contribution in [3.05, 3.63) is 41.3 Å². The molecule has 1 saturated carbocycles. The first kappa shape index (κ1) is 14.0. The molecule has 1 aliphatic carbocycles. The molecule has 1 fully saturated rings. The summed E-state index contributed by atoms with van der Waals surface area (Å²) < 4.78 is 24.1. The van der Waals surface area contributed by atoms with Gasteiger partial charge in [0.25, 0.3) is 0 Å². The van der Waals surface area contributed by atoms with Crippen LogP contribution in [0.2, 0.25) is 0 Å². The lowest BCUT2D eigenvalue weighted by Crippen LogP contribution is -1.97. The Morgan fingerprint density at radius 1 is 1.26 bits per heavy atom. The van der Waals surface area contributed by atoms with Crippen molar-refractivity contribution in [2.45, 2.75) is 37.5 Å². The first-order valence-corrected chi connectivity index (χ1v) is 8.02. The quantitative estimate of drug-likeness (QED) is 0.850. The van der Waals surface area contributed by atoms with Crippen LogP contribution in [0.15, 0.2) is 40.6 Å². The van der Waals surface area contributed by atoms with Crippen LogP contribution in [0.25, 0.3) is 0 Å². The van der Waals surface area contributed by atoms with Gasteiger partial charge in [0.2, 0.25) is 0 Å². The summed E-state index contributed by atoms with van der Waals surface area (Å²) in [6.45, 7) is 1.92. The first-order valence-electron chi connectivity index (χ1n) is 6.47. The summed E-state index contributed by atoms with van der Waals surface area (Å²) >= 11 is 0. The smallest absolute Gasteiger partial charge is 0.199 e. The monoisotopic (exact) mass is 278 g/mol. The minimum atomic E-state index is -3.35. The number of hydrogen-bond acceptors (Lipinski definition) is 3. The Morgan fingerprint density at radius 3 is 2.53 bits per heavy atom. The average molecular weight is 278 g/mol. The lowest BCUT2D eigenvalue weighted by atomic mass is 10.0. The second kappa shape index (κ2) is 5.70. The fraction of sp³-hybridized carbons (Fsp3) is 0.400. The van der Waals surface area contributed by atoms with Crippen molar-refractivity contribution in [1.29, 1.82) is 0 Å². The highest BCUT2D eigenvalue weighted by atomic mass is 32.2. The molecule has 19 heavy (non-hydrogen) atoms. The largest absolute Gasteiger partial charge is 0.300 e. The molecule has 4 heteroatoms. The Morgan fingerprint density at radius 2 is 1.95 bits per heavy atom. The molecule has 1 unspecified atom stereocenters. The minimum Gasteiger partial charge on any atom is -0.300 e. The molecule has 0 bridgehead atoms. The number of rotatable bonds is 4. The van der Waals surface area contributed by atoms with Crippen molar-refractivity contribution in [1.82, 2.24) is 0 Å². The molecule has 3 nitrogen and oxygen atoms in total. The maximum Gasteiger partial charge on any atom is 0.199 e. The lowest BCUT2D eigenvalue weighted by molar-refractivity contribution is -0.117. The summed E-state index contributed by atoms with van der Waals surface area (Å²) in [5.41, 5.74) is 1.03. The number of allylic oxidation sites excluding steroid dienone is 1. The molecule has 0 N–H and O–H groups in total. The Labute approximate surface area is 114 Å². The summed E-state index contributed by atoms with van der Waals surface area (Å²) in [6, 6.07) is 6.81. The van der Waals surface area contributed by atoms with Gasteiger partial charge >= 0.3 is 0 Å². The maximum atomic E-state index is 12.0. The van der Waals surface area contributed by atoms with Crippen molar-refractivity contribution >= 4 is 15.6 Å². The van der Waals surface area contributed by atoms with Crippen molar-refractivity contribution in [3.8, 4) is 0 Å². The van der Waals surface area contributed by atoms with E-state index in [2.05, 4.69) is 0 Å². The number of sulfone groups is 1. The molecule has 1 aliphatic rings. The molecule has 1 atom stereocenters. The molecule has 0 heterocycles. The summed E-state index contributed by atoms with van der Waals surface area (Å²) in [5, 5.41) is 1.26. The van der Waals surface area contributed by atoms with Crippen LogP contribution in [0, 0.1) is 12.8 Å². The van der Waals surface area contributed by atoms with Crippen LogP contribution >= 0.6 is 0 Å². The standard InChI is InChI=1S/C15H18O3S/c1-12-4-8-15(9-5-12)19(17,18)10-2-3-13-6-7-14(16)11-13/h2,4-5,8-10,13H,3,6-7,11H2,1H3/b10-2+. The van der Waals surface area contributed by atoms with Gasteiger partial charge in [-0.3, -0.25) is 4.79 Å². The predicted molar refractivity (Wildman–Crippen MR) is 74.5 cm³/mol. The topological polar surface area (TPSA) is 51.2 Å². The van der Waals surface area contributed by atoms with Crippen molar-refractivity contribution in [2.24, 2.45) is 5.92 Å². The zero-order valence-corrected chi connectivity index (χ0v) is 11.8. The number of Topliss-reactive ketones (excluding diaryl/α,β-unsaturated/α-hetero) is 1. The number of ketones is 1. The maximum absolute atomic E-state index is 12.0. The van der Waals surface area contributed by atoms with Crippen LogP contribution in [0.4, 0.5) is 0 Å². The molecule has 0 amide bonds. The summed E-state index contributed by atoms with van der Waals surface area (Å²) in [6.07, 6.45) is 4.46. The normalized spacial score (nSPS) is 20.3. The number of carbonyl (C=O) groups excluding carboxylic acids is 1. The van der Waals surface area contributed by atoms with Crippen LogP contribution in [0.1, 0.15) is 31.2 Å². The number of benzene rings is 1. The minimum absolute atomic E-state index is 0.291. The molecule has 0 aliphatic heterocycles. The lowest BCUT2D eigenvalue weighted by Gasteiger charge is -2.03. The fourth-order valence-electron chi connectivity index (χ4n) is 2.27. The number of aryl methyl sites for hydroxylation is 1. The van der Waals surface area contributed by atoms with E-state index in [4.69, 9.17) is 0 Å². The summed E-state index contributed by atoms with van der Waals surface area (Å²) in [5.74, 6) is 0.608. The molecule has 2 rings (SSSR count). The third-order valence-corrected chi connectivity index (χ3v) is 4.92. The fourth-order valence-corrected chi connectivity index (χ4v) is 3.31. The van der Waals surface area contributed by atoms with Crippen LogP contribution in [0.5, 0.6) is 0 Å². The highest BCUT2D eigenvalue weighted by Crippen LogP contribution is 2.25. The van der Waals surface area contributed by atoms with E-state index in [0.29, 0.717) is 35.9 Å². The van der Waals surface area contributed by atoms with E-state index in [1.54, 1.807) is 30.3 Å². The first-order chi connectivity index (χ1) is 8.97. The SMILES string of the molecule is Cc1ccc(S(=O)(=O)/C=C/CC2CCC(=O)C2)cc1. The Hall–Kier alpha value is -1.42. The van der Waals surface area contributed by atoms with Crippen molar-refractivity contribution in [2.75, 3.05) is 0 Å². The van der Waals surface area contributed by atoms with Gasteiger partial charge in [-0.1, -0.05) is 23.8 Å². The van der Waals surface area contributed by atoms with Gasteiger partial charge < -0.3 is 0 Å². The highest BCUT2D eigenvalue weighted by Gasteiger charge is 2.20. The van der Waals surface area contributed by atoms with Gasteiger partial charge in [-0.25, -0.2) is 8.42 Å². The zero-order valence-electron chi connectivity index (χ0n) is 11.0. The Balaban J connectivity index is 2.00. The Kier molecular flexibility index (Phi) is 4.20. The predicted octanol–water partition coefficient (Wildman–Crippen LogP) is 3.04. The third-order valence-electron chi connectivity index (χ3n) is 3.44. The van der Waals surface area contributed by atoms with Gasteiger partial charge in [-0.05, 0) is 37.8 Å². The average Bonchev–Trinajstić information content (AvgIpc) is 2.75. The van der Waals surface area contributed by atoms with Crippen LogP contribution in [0.3, 0.4) is 0 Å². The summed E-state index contributed by atoms with van der Waals surface area (Å²) in [7, 11) is -3.35. The van der Waals surface area contributed by atoms with Crippen LogP contribution in [-0.2, 0) is 14.6 Å². The zero-order chi connectivity index (χ0) is 13.9. The number of carbonyl (C=O) groups is 1. The van der Waals surface area contributed by atoms with Crippen LogP contribution in [-0.4, -0.2) is 14.2 Å². The molecule has 1 aromatic carbocycles. The van der Waals surface area contributed by atoms with Gasteiger partial charge in [0.05, 0.1) is 4.90 Å². The molecule has 1 aromatic rings. The third kappa shape index (κ3) is 3.77. The van der Waals surface area contributed by atoms with Crippen LogP contribution < -0.4 is 0 Å². The van der Waals surface area contributed by atoms with E-state index in [1.165, 1.54) is 5.41 Å². The van der Waals surface area contributed by atoms with E-state index in [1.807, 2.05) is 6.92 Å². The van der Waals surface area contributed by atoms with Gasteiger partial charge in [0, 0.05) is 18.2 Å². The van der Waals surface area contributed by atoms with Gasteiger partial charge in [0.15, 0.2) is 9.84 Å². The molecule has 0 aromatic heterocycles. The van der Waals surface area contributed by atoms with Gasteiger partial charge in [-0.2, -0.15) is 0 Å². The van der Waals surface area contributed by atoms with E-state index in [-0.39, 0.29) is 0 Å². The molecule has 0 spiro atoms. The van der Waals surface area contributed by atoms with Crippen molar-refractivity contribution < 1.29 is 13.2 Å². The molecule has 0 saturated heterocycles.